The van der Waals surface area contributed by atoms with Gasteiger partial charge in [-0.3, -0.25) is 4.79 Å². The number of carbonyl (C=O) groups excluding carboxylic acids is 1. The lowest BCUT2D eigenvalue weighted by Crippen LogP contribution is -2.19. The molecule has 1 aromatic rings. The zero-order valence-electron chi connectivity index (χ0n) is 7.81. The van der Waals surface area contributed by atoms with Crippen LogP contribution >= 0.6 is 15.9 Å². The van der Waals surface area contributed by atoms with Crippen LogP contribution in [0.3, 0.4) is 0 Å². The zero-order valence-corrected chi connectivity index (χ0v) is 9.40. The van der Waals surface area contributed by atoms with Gasteiger partial charge in [0, 0.05) is 12.4 Å². The van der Waals surface area contributed by atoms with Crippen LogP contribution in [0.5, 0.6) is 0 Å². The van der Waals surface area contributed by atoms with E-state index in [-0.39, 0.29) is 5.56 Å². The molecule has 0 fully saturated rings. The Morgan fingerprint density at radius 3 is 2.79 bits per heavy atom. The molecule has 0 spiro atoms. The Morgan fingerprint density at radius 1 is 1.57 bits per heavy atom. The number of hydrogen-bond donors (Lipinski definition) is 1. The number of carbonyl (C=O) groups is 1. The van der Waals surface area contributed by atoms with Gasteiger partial charge in [-0.15, -0.1) is 0 Å². The van der Waals surface area contributed by atoms with Gasteiger partial charge in [-0.2, -0.15) is 0 Å². The van der Waals surface area contributed by atoms with Crippen LogP contribution in [0.1, 0.15) is 15.9 Å². The summed E-state index contributed by atoms with van der Waals surface area (Å²) < 4.78 is 13.3. The van der Waals surface area contributed by atoms with Crippen LogP contribution in [0.4, 0.5) is 4.39 Å². The Bertz CT molecular complexity index is 341. The number of halogens is 2. The number of benzene rings is 1. The van der Waals surface area contributed by atoms with E-state index in [1.165, 1.54) is 19.2 Å². The van der Waals surface area contributed by atoms with E-state index in [2.05, 4.69) is 21.2 Å². The molecule has 4 heteroatoms. The lowest BCUT2D eigenvalue weighted by Gasteiger charge is -2.03. The highest BCUT2D eigenvalue weighted by Crippen LogP contribution is 2.11. The molecule has 0 heterocycles. The summed E-state index contributed by atoms with van der Waals surface area (Å²) >= 11 is 3.27. The summed E-state index contributed by atoms with van der Waals surface area (Å²) in [7, 11) is 1.48. The quantitative estimate of drug-likeness (QED) is 0.829. The van der Waals surface area contributed by atoms with Crippen LogP contribution in [0.15, 0.2) is 18.2 Å². The predicted molar refractivity (Wildman–Crippen MR) is 57.3 cm³/mol. The largest absolute Gasteiger partial charge is 0.355 e. The molecule has 0 radical (unpaired) electrons. The second kappa shape index (κ2) is 5.10. The van der Waals surface area contributed by atoms with Crippen LogP contribution in [-0.2, 0) is 6.42 Å². The van der Waals surface area contributed by atoms with Gasteiger partial charge in [0.25, 0.3) is 5.91 Å². The molecule has 14 heavy (non-hydrogen) atoms. The Balaban J connectivity index is 2.95. The monoisotopic (exact) mass is 259 g/mol. The van der Waals surface area contributed by atoms with E-state index < -0.39 is 11.7 Å². The number of rotatable bonds is 3. The highest BCUT2D eigenvalue weighted by molar-refractivity contribution is 9.09. The third kappa shape index (κ3) is 2.54. The standard InChI is InChI=1S/C10H11BrFNO/c1-13-10(14)8-3-2-7(4-5-11)6-9(8)12/h2-3,6H,4-5H2,1H3,(H,13,14). The molecule has 0 saturated carbocycles. The normalized spacial score (nSPS) is 9.93. The van der Waals surface area contributed by atoms with E-state index >= 15 is 0 Å². The van der Waals surface area contributed by atoms with E-state index in [1.54, 1.807) is 6.07 Å². The van der Waals surface area contributed by atoms with Crippen molar-refractivity contribution in [3.63, 3.8) is 0 Å². The van der Waals surface area contributed by atoms with E-state index in [4.69, 9.17) is 0 Å². The van der Waals surface area contributed by atoms with Crippen LogP contribution in [0, 0.1) is 5.82 Å². The summed E-state index contributed by atoms with van der Waals surface area (Å²) in [5, 5.41) is 3.17. The first kappa shape index (κ1) is 11.2. The van der Waals surface area contributed by atoms with Gasteiger partial charge in [0.2, 0.25) is 0 Å². The average molecular weight is 260 g/mol. The van der Waals surface area contributed by atoms with Crippen molar-refractivity contribution in [2.45, 2.75) is 6.42 Å². The summed E-state index contributed by atoms with van der Waals surface area (Å²) in [6, 6.07) is 4.66. The molecular formula is C10H11BrFNO. The third-order valence-corrected chi connectivity index (χ3v) is 2.28. The van der Waals surface area contributed by atoms with Gasteiger partial charge in [0.15, 0.2) is 0 Å². The van der Waals surface area contributed by atoms with Crippen LogP contribution in [-0.4, -0.2) is 18.3 Å². The summed E-state index contributed by atoms with van der Waals surface area (Å²) in [5.41, 5.74) is 0.970. The second-order valence-corrected chi connectivity index (χ2v) is 3.63. The highest BCUT2D eigenvalue weighted by atomic mass is 79.9. The van der Waals surface area contributed by atoms with Crippen LogP contribution < -0.4 is 5.32 Å². The van der Waals surface area contributed by atoms with E-state index in [9.17, 15) is 9.18 Å². The fraction of sp³-hybridized carbons (Fsp3) is 0.300. The van der Waals surface area contributed by atoms with Crippen molar-refractivity contribution in [3.05, 3.63) is 35.1 Å². The van der Waals surface area contributed by atoms with Crippen molar-refractivity contribution in [3.8, 4) is 0 Å². The first-order valence-corrected chi connectivity index (χ1v) is 5.37. The van der Waals surface area contributed by atoms with Gasteiger partial charge >= 0.3 is 0 Å². The Hall–Kier alpha value is -0.900. The first-order valence-electron chi connectivity index (χ1n) is 4.25. The van der Waals surface area contributed by atoms with Gasteiger partial charge in [-0.05, 0) is 24.1 Å². The lowest BCUT2D eigenvalue weighted by atomic mass is 10.1. The molecule has 0 saturated heterocycles. The smallest absolute Gasteiger partial charge is 0.253 e. The van der Waals surface area contributed by atoms with Crippen molar-refractivity contribution in [2.75, 3.05) is 12.4 Å². The van der Waals surface area contributed by atoms with Crippen molar-refractivity contribution < 1.29 is 9.18 Å². The fourth-order valence-electron chi connectivity index (χ4n) is 1.14. The molecule has 0 unspecified atom stereocenters. The molecule has 1 rings (SSSR count). The van der Waals surface area contributed by atoms with Crippen LogP contribution in [0.2, 0.25) is 0 Å². The Labute approximate surface area is 90.6 Å². The molecule has 0 aromatic heterocycles. The maximum absolute atomic E-state index is 13.3. The Kier molecular flexibility index (Phi) is 4.07. The molecule has 2 nitrogen and oxygen atoms in total. The van der Waals surface area contributed by atoms with Crippen molar-refractivity contribution >= 4 is 21.8 Å². The average Bonchev–Trinajstić information content (AvgIpc) is 2.17. The van der Waals surface area contributed by atoms with E-state index in [1.807, 2.05) is 0 Å². The molecule has 0 atom stereocenters. The predicted octanol–water partition coefficient (Wildman–Crippen LogP) is 2.12. The van der Waals surface area contributed by atoms with Gasteiger partial charge in [-0.25, -0.2) is 4.39 Å². The van der Waals surface area contributed by atoms with E-state index in [0.717, 1.165) is 17.3 Å². The summed E-state index contributed by atoms with van der Waals surface area (Å²) in [5.74, 6) is -0.865. The lowest BCUT2D eigenvalue weighted by molar-refractivity contribution is 0.0959. The van der Waals surface area contributed by atoms with Gasteiger partial charge in [-0.1, -0.05) is 22.0 Å². The second-order valence-electron chi connectivity index (χ2n) is 2.83. The van der Waals surface area contributed by atoms with Crippen LogP contribution in [0.25, 0.3) is 0 Å². The molecule has 1 amide bonds. The fourth-order valence-corrected chi connectivity index (χ4v) is 1.60. The van der Waals surface area contributed by atoms with E-state index in [0.29, 0.717) is 0 Å². The zero-order chi connectivity index (χ0) is 10.6. The summed E-state index contributed by atoms with van der Waals surface area (Å²) in [6.45, 7) is 0. The molecule has 0 aliphatic heterocycles. The Morgan fingerprint density at radius 2 is 2.29 bits per heavy atom. The molecule has 1 N–H and O–H groups in total. The maximum atomic E-state index is 13.3. The third-order valence-electron chi connectivity index (χ3n) is 1.89. The summed E-state index contributed by atoms with van der Waals surface area (Å²) in [4.78, 5) is 11.1. The van der Waals surface area contributed by atoms with Crippen molar-refractivity contribution in [2.24, 2.45) is 0 Å². The minimum absolute atomic E-state index is 0.0887. The molecule has 76 valence electrons. The maximum Gasteiger partial charge on any atom is 0.253 e. The molecule has 0 bridgehead atoms. The number of aryl methyl sites for hydroxylation is 1. The number of alkyl halides is 1. The number of amides is 1. The van der Waals surface area contributed by atoms with Crippen molar-refractivity contribution in [1.29, 1.82) is 0 Å². The van der Waals surface area contributed by atoms with Gasteiger partial charge in [0.05, 0.1) is 5.56 Å². The molecule has 1 aromatic carbocycles. The SMILES string of the molecule is CNC(=O)c1ccc(CCBr)cc1F. The minimum atomic E-state index is -0.470. The van der Waals surface area contributed by atoms with Gasteiger partial charge in [0.1, 0.15) is 5.82 Å². The summed E-state index contributed by atoms with van der Waals surface area (Å²) in [6.07, 6.45) is 0.755. The number of hydrogen-bond acceptors (Lipinski definition) is 1. The first-order chi connectivity index (χ1) is 6.69. The van der Waals surface area contributed by atoms with Gasteiger partial charge < -0.3 is 5.32 Å². The molecular weight excluding hydrogens is 249 g/mol. The topological polar surface area (TPSA) is 29.1 Å². The number of nitrogens with one attached hydrogen (secondary N) is 1. The minimum Gasteiger partial charge on any atom is -0.355 e. The van der Waals surface area contributed by atoms with Crippen molar-refractivity contribution in [1.82, 2.24) is 5.32 Å². The molecule has 0 aliphatic carbocycles. The molecule has 0 aliphatic rings. The highest BCUT2D eigenvalue weighted by Gasteiger charge is 2.09.